The number of carbonyl (C=O) groups excluding carboxylic acids is 2. The van der Waals surface area contributed by atoms with Gasteiger partial charge in [-0.3, -0.25) is 9.59 Å². The van der Waals surface area contributed by atoms with Crippen LogP contribution in [-0.2, 0) is 25.2 Å². The molecule has 1 fully saturated rings. The Balaban J connectivity index is 1.64. The fourth-order valence-electron chi connectivity index (χ4n) is 4.37. The number of sulfonamides is 1. The van der Waals surface area contributed by atoms with E-state index in [-0.39, 0.29) is 36.3 Å². The van der Waals surface area contributed by atoms with Crippen LogP contribution in [0.4, 0.5) is 17.6 Å². The number of hydrogen-bond acceptors (Lipinski definition) is 6. The molecule has 1 aliphatic carbocycles. The summed E-state index contributed by atoms with van der Waals surface area (Å²) in [6.45, 7) is 1.33. The molecule has 0 saturated heterocycles. The fourth-order valence-corrected chi connectivity index (χ4v) is 6.03. The van der Waals surface area contributed by atoms with Crippen molar-refractivity contribution in [3.63, 3.8) is 0 Å². The van der Waals surface area contributed by atoms with Gasteiger partial charge in [-0.15, -0.1) is 11.3 Å². The van der Waals surface area contributed by atoms with Crippen LogP contribution in [0.25, 0.3) is 5.57 Å². The topological polar surface area (TPSA) is 102 Å². The summed E-state index contributed by atoms with van der Waals surface area (Å²) in [4.78, 5) is 27.8. The van der Waals surface area contributed by atoms with E-state index in [2.05, 4.69) is 5.32 Å². The van der Waals surface area contributed by atoms with Crippen LogP contribution in [0.5, 0.6) is 5.75 Å². The lowest BCUT2D eigenvalue weighted by atomic mass is 9.79. The van der Waals surface area contributed by atoms with Crippen LogP contribution in [0.1, 0.15) is 60.3 Å². The number of halogens is 4. The molecule has 2 aromatic rings. The van der Waals surface area contributed by atoms with E-state index in [1.807, 2.05) is 10.8 Å². The Kier molecular flexibility index (Phi) is 7.63. The van der Waals surface area contributed by atoms with E-state index < -0.39 is 45.8 Å². The van der Waals surface area contributed by atoms with Crippen molar-refractivity contribution < 1.29 is 40.3 Å². The Labute approximate surface area is 221 Å². The standard InChI is InChI=1S/C25H26F4N2O5S2/c1-24(17-7-6-15(12-18(17)26)36-11-3-10-25(27,28)29)13-16(20-9-8-19(37-20)14-4-5-14)21(22(32)30-24)23(33)31-38(2,34)35/h6-9,12,14H,3-5,10-11,13H2,1-2H3,(H,30,32)(H,31,33)/t24-/m0/s1. The molecule has 7 nitrogen and oxygen atoms in total. The number of nitrogens with one attached hydrogen (secondary N) is 2. The molecular weight excluding hydrogens is 548 g/mol. The summed E-state index contributed by atoms with van der Waals surface area (Å²) in [6.07, 6.45) is -2.75. The molecule has 2 heterocycles. The summed E-state index contributed by atoms with van der Waals surface area (Å²) in [7, 11) is -3.96. The van der Waals surface area contributed by atoms with Crippen molar-refractivity contribution >= 4 is 38.7 Å². The highest BCUT2D eigenvalue weighted by atomic mass is 32.2. The monoisotopic (exact) mass is 574 g/mol. The first kappa shape index (κ1) is 28.1. The molecule has 0 bridgehead atoms. The minimum Gasteiger partial charge on any atom is -0.493 e. The molecule has 38 heavy (non-hydrogen) atoms. The van der Waals surface area contributed by atoms with Crippen LogP contribution in [0.15, 0.2) is 35.9 Å². The zero-order chi connectivity index (χ0) is 27.9. The maximum atomic E-state index is 15.2. The van der Waals surface area contributed by atoms with Crippen molar-refractivity contribution in [3.05, 3.63) is 57.0 Å². The van der Waals surface area contributed by atoms with E-state index in [4.69, 9.17) is 4.74 Å². The van der Waals surface area contributed by atoms with E-state index in [1.165, 1.54) is 23.5 Å². The predicted molar refractivity (Wildman–Crippen MR) is 133 cm³/mol. The fraction of sp³-hybridized carbons (Fsp3) is 0.440. The van der Waals surface area contributed by atoms with Crippen LogP contribution in [0.2, 0.25) is 0 Å². The third-order valence-corrected chi connectivity index (χ3v) is 8.13. The average Bonchev–Trinajstić information content (AvgIpc) is 3.50. The molecule has 2 N–H and O–H groups in total. The number of rotatable bonds is 9. The number of benzene rings is 1. The second-order valence-corrected chi connectivity index (χ2v) is 12.6. The smallest absolute Gasteiger partial charge is 0.389 e. The van der Waals surface area contributed by atoms with Gasteiger partial charge >= 0.3 is 6.18 Å². The Morgan fingerprint density at radius 2 is 1.95 bits per heavy atom. The Hall–Kier alpha value is -2.93. The van der Waals surface area contributed by atoms with Crippen molar-refractivity contribution in [1.82, 2.24) is 10.0 Å². The average molecular weight is 575 g/mol. The van der Waals surface area contributed by atoms with Crippen LogP contribution in [0.3, 0.4) is 0 Å². The van der Waals surface area contributed by atoms with Gasteiger partial charge in [0.1, 0.15) is 17.1 Å². The van der Waals surface area contributed by atoms with Gasteiger partial charge in [0.25, 0.3) is 11.8 Å². The zero-order valence-corrected chi connectivity index (χ0v) is 22.2. The van der Waals surface area contributed by atoms with Gasteiger partial charge in [0, 0.05) is 34.2 Å². The summed E-state index contributed by atoms with van der Waals surface area (Å²) in [5.74, 6) is -2.24. The van der Waals surface area contributed by atoms with Crippen LogP contribution < -0.4 is 14.8 Å². The van der Waals surface area contributed by atoms with Crippen molar-refractivity contribution in [3.8, 4) is 5.75 Å². The summed E-state index contributed by atoms with van der Waals surface area (Å²) >= 11 is 1.41. The van der Waals surface area contributed by atoms with Crippen molar-refractivity contribution in [2.75, 3.05) is 12.9 Å². The van der Waals surface area contributed by atoms with Gasteiger partial charge < -0.3 is 10.1 Å². The molecule has 2 amide bonds. The normalized spacial score (nSPS) is 20.3. The summed E-state index contributed by atoms with van der Waals surface area (Å²) in [5.41, 5.74) is -1.31. The van der Waals surface area contributed by atoms with E-state index in [1.54, 1.807) is 13.0 Å². The van der Waals surface area contributed by atoms with E-state index in [9.17, 15) is 31.2 Å². The number of ether oxygens (including phenoxy) is 1. The molecule has 13 heteroatoms. The van der Waals surface area contributed by atoms with Crippen LogP contribution in [0, 0.1) is 5.82 Å². The number of thiophene rings is 1. The molecule has 1 aromatic heterocycles. The lowest BCUT2D eigenvalue weighted by Gasteiger charge is -2.37. The molecule has 1 aromatic carbocycles. The first-order valence-corrected chi connectivity index (χ1v) is 14.5. The van der Waals surface area contributed by atoms with Crippen molar-refractivity contribution in [2.45, 2.75) is 56.7 Å². The highest BCUT2D eigenvalue weighted by Crippen LogP contribution is 2.47. The van der Waals surface area contributed by atoms with Gasteiger partial charge in [-0.05, 0) is 55.9 Å². The molecule has 4 rings (SSSR count). The van der Waals surface area contributed by atoms with Gasteiger partial charge in [-0.1, -0.05) is 6.07 Å². The van der Waals surface area contributed by atoms with E-state index in [0.717, 1.165) is 30.0 Å². The van der Waals surface area contributed by atoms with Crippen LogP contribution in [-0.4, -0.2) is 39.3 Å². The van der Waals surface area contributed by atoms with Gasteiger partial charge in [0.05, 0.1) is 18.4 Å². The Bertz CT molecular complexity index is 1400. The van der Waals surface area contributed by atoms with Crippen LogP contribution >= 0.6 is 11.3 Å². The number of carbonyl (C=O) groups is 2. The second-order valence-electron chi connectivity index (χ2n) is 9.71. The third-order valence-electron chi connectivity index (χ3n) is 6.27. The van der Waals surface area contributed by atoms with E-state index in [0.29, 0.717) is 16.4 Å². The summed E-state index contributed by atoms with van der Waals surface area (Å²) in [5, 5.41) is 2.64. The van der Waals surface area contributed by atoms with E-state index >= 15 is 4.39 Å². The van der Waals surface area contributed by atoms with Crippen molar-refractivity contribution in [1.29, 1.82) is 0 Å². The lowest BCUT2D eigenvalue weighted by molar-refractivity contribution is -0.136. The first-order valence-electron chi connectivity index (χ1n) is 11.8. The highest BCUT2D eigenvalue weighted by Gasteiger charge is 2.42. The molecule has 2 aliphatic rings. The van der Waals surface area contributed by atoms with Gasteiger partial charge in [-0.2, -0.15) is 13.2 Å². The maximum Gasteiger partial charge on any atom is 0.389 e. The number of hydrogen-bond donors (Lipinski definition) is 2. The molecule has 0 unspecified atom stereocenters. The summed E-state index contributed by atoms with van der Waals surface area (Å²) < 4.78 is 82.7. The zero-order valence-electron chi connectivity index (χ0n) is 20.6. The molecular formula is C25H26F4N2O5S2. The van der Waals surface area contributed by atoms with Gasteiger partial charge in [-0.25, -0.2) is 17.5 Å². The Morgan fingerprint density at radius 1 is 1.24 bits per heavy atom. The minimum atomic E-state index is -4.31. The second kappa shape index (κ2) is 10.3. The summed E-state index contributed by atoms with van der Waals surface area (Å²) in [6, 6.07) is 7.49. The predicted octanol–water partition coefficient (Wildman–Crippen LogP) is 4.75. The largest absolute Gasteiger partial charge is 0.493 e. The number of amides is 2. The minimum absolute atomic E-state index is 0.0153. The SMILES string of the molecule is C[C@@]1(c2ccc(OCCCC(F)(F)F)cc2F)CC(c2ccc(C3CC3)s2)=C(C(=O)NS(C)(=O)=O)C(=O)N1. The Morgan fingerprint density at radius 3 is 2.55 bits per heavy atom. The first-order chi connectivity index (χ1) is 17.7. The molecule has 206 valence electrons. The molecule has 1 aliphatic heterocycles. The number of alkyl halides is 3. The third kappa shape index (κ3) is 6.73. The van der Waals surface area contributed by atoms with Gasteiger partial charge in [0.15, 0.2) is 0 Å². The molecule has 0 radical (unpaired) electrons. The van der Waals surface area contributed by atoms with Crippen molar-refractivity contribution in [2.24, 2.45) is 0 Å². The highest BCUT2D eigenvalue weighted by molar-refractivity contribution is 7.89. The quantitative estimate of drug-likeness (QED) is 0.256. The van der Waals surface area contributed by atoms with Gasteiger partial charge in [0.2, 0.25) is 10.0 Å². The molecule has 1 atom stereocenters. The lowest BCUT2D eigenvalue weighted by Crippen LogP contribution is -2.51. The maximum absolute atomic E-state index is 15.2. The molecule has 1 saturated carbocycles. The molecule has 0 spiro atoms.